The monoisotopic (exact) mass is 439 g/mol. The van der Waals surface area contributed by atoms with Crippen molar-refractivity contribution >= 4 is 29.1 Å². The quantitative estimate of drug-likeness (QED) is 0.752. The van der Waals surface area contributed by atoms with Crippen LogP contribution in [0.2, 0.25) is 0 Å². The first-order chi connectivity index (χ1) is 15.0. The smallest absolute Gasteiger partial charge is 0.245 e. The van der Waals surface area contributed by atoms with Crippen LogP contribution in [0.1, 0.15) is 31.7 Å². The highest BCUT2D eigenvalue weighted by molar-refractivity contribution is 7.13. The molecule has 2 aromatic rings. The number of hydrogen-bond acceptors (Lipinski definition) is 4. The summed E-state index contributed by atoms with van der Waals surface area (Å²) in [5.74, 6) is -0.285. The molecule has 31 heavy (non-hydrogen) atoms. The molecule has 0 aliphatic carbocycles. The topological polar surface area (TPSA) is 69.7 Å². The van der Waals surface area contributed by atoms with Crippen molar-refractivity contribution in [3.05, 3.63) is 47.3 Å². The Balaban J connectivity index is 1.50. The van der Waals surface area contributed by atoms with Gasteiger partial charge in [-0.1, -0.05) is 37.3 Å². The van der Waals surface area contributed by atoms with Crippen molar-refractivity contribution in [1.29, 1.82) is 0 Å². The predicted octanol–water partition coefficient (Wildman–Crippen LogP) is 2.93. The second-order valence-electron chi connectivity index (χ2n) is 8.34. The van der Waals surface area contributed by atoms with Crippen LogP contribution in [0.5, 0.6) is 0 Å². The summed E-state index contributed by atoms with van der Waals surface area (Å²) in [5.41, 5.74) is 2.27. The molecule has 6 nitrogen and oxygen atoms in total. The van der Waals surface area contributed by atoms with Crippen molar-refractivity contribution in [1.82, 2.24) is 15.1 Å². The molecule has 2 aliphatic rings. The van der Waals surface area contributed by atoms with Gasteiger partial charge in [0, 0.05) is 37.5 Å². The van der Waals surface area contributed by atoms with Gasteiger partial charge in [0.15, 0.2) is 0 Å². The molecule has 1 aromatic carbocycles. The molecule has 0 bridgehead atoms. The number of carbonyl (C=O) groups is 3. The molecule has 3 amide bonds. The Kier molecular flexibility index (Phi) is 6.70. The first-order valence-corrected chi connectivity index (χ1v) is 11.9. The Morgan fingerprint density at radius 1 is 1.16 bits per heavy atom. The molecule has 1 N–H and O–H groups in total. The number of hydrogen-bond donors (Lipinski definition) is 1. The lowest BCUT2D eigenvalue weighted by atomic mass is 9.96. The fourth-order valence-corrected chi connectivity index (χ4v) is 5.17. The Bertz CT molecular complexity index is 926. The first-order valence-electron chi connectivity index (χ1n) is 11.0. The van der Waals surface area contributed by atoms with Gasteiger partial charge in [0.25, 0.3) is 0 Å². The summed E-state index contributed by atoms with van der Waals surface area (Å²) in [5, 5.41) is 4.84. The van der Waals surface area contributed by atoms with Crippen LogP contribution in [-0.2, 0) is 20.8 Å². The number of rotatable bonds is 6. The van der Waals surface area contributed by atoms with Gasteiger partial charge >= 0.3 is 0 Å². The van der Waals surface area contributed by atoms with E-state index >= 15 is 0 Å². The van der Waals surface area contributed by atoms with E-state index in [2.05, 4.69) is 48.0 Å². The first kappa shape index (κ1) is 21.6. The lowest BCUT2D eigenvalue weighted by Gasteiger charge is -2.26. The molecule has 2 fully saturated rings. The maximum absolute atomic E-state index is 13.3. The largest absolute Gasteiger partial charge is 0.344 e. The molecule has 0 spiro atoms. The Morgan fingerprint density at radius 2 is 1.97 bits per heavy atom. The minimum Gasteiger partial charge on any atom is -0.344 e. The van der Waals surface area contributed by atoms with Gasteiger partial charge in [0.2, 0.25) is 17.7 Å². The van der Waals surface area contributed by atoms with Crippen LogP contribution in [0.15, 0.2) is 41.8 Å². The Morgan fingerprint density at radius 3 is 2.61 bits per heavy atom. The van der Waals surface area contributed by atoms with Gasteiger partial charge < -0.3 is 15.1 Å². The number of amides is 3. The highest BCUT2D eigenvalue weighted by atomic mass is 32.1. The van der Waals surface area contributed by atoms with E-state index in [1.54, 1.807) is 16.2 Å². The van der Waals surface area contributed by atoms with E-state index in [-0.39, 0.29) is 23.6 Å². The minimum absolute atomic E-state index is 0.0601. The third kappa shape index (κ3) is 4.98. The lowest BCUT2D eigenvalue weighted by molar-refractivity contribution is -0.136. The summed E-state index contributed by atoms with van der Waals surface area (Å²) in [6.07, 6.45) is 2.42. The van der Waals surface area contributed by atoms with E-state index in [0.717, 1.165) is 12.0 Å². The number of nitrogens with zero attached hydrogens (tertiary/aromatic N) is 2. The summed E-state index contributed by atoms with van der Waals surface area (Å²) < 4.78 is 0. The highest BCUT2D eigenvalue weighted by Gasteiger charge is 2.36. The molecule has 7 heteroatoms. The second kappa shape index (κ2) is 9.64. The zero-order valence-corrected chi connectivity index (χ0v) is 18.7. The van der Waals surface area contributed by atoms with Crippen LogP contribution >= 0.6 is 11.3 Å². The fourth-order valence-electron chi connectivity index (χ4n) is 4.44. The fraction of sp³-hybridized carbons (Fsp3) is 0.458. The minimum atomic E-state index is -0.453. The summed E-state index contributed by atoms with van der Waals surface area (Å²) >= 11 is 1.71. The molecule has 3 heterocycles. The summed E-state index contributed by atoms with van der Waals surface area (Å²) in [7, 11) is 0. The van der Waals surface area contributed by atoms with Crippen molar-refractivity contribution in [3.8, 4) is 10.4 Å². The lowest BCUT2D eigenvalue weighted by Crippen LogP contribution is -2.46. The van der Waals surface area contributed by atoms with Gasteiger partial charge in [-0.3, -0.25) is 14.4 Å². The molecule has 2 atom stereocenters. The van der Waals surface area contributed by atoms with Crippen LogP contribution in [0.3, 0.4) is 0 Å². The highest BCUT2D eigenvalue weighted by Crippen LogP contribution is 2.26. The summed E-state index contributed by atoms with van der Waals surface area (Å²) in [6.45, 7) is 4.23. The van der Waals surface area contributed by atoms with Gasteiger partial charge in [0.1, 0.15) is 6.04 Å². The number of benzene rings is 1. The van der Waals surface area contributed by atoms with Crippen LogP contribution in [0.25, 0.3) is 10.4 Å². The van der Waals surface area contributed by atoms with Crippen molar-refractivity contribution in [3.63, 3.8) is 0 Å². The number of thiophene rings is 1. The maximum Gasteiger partial charge on any atom is 0.245 e. The molecular weight excluding hydrogens is 410 g/mol. The third-order valence-corrected chi connectivity index (χ3v) is 7.00. The van der Waals surface area contributed by atoms with E-state index in [1.807, 2.05) is 11.0 Å². The second-order valence-corrected chi connectivity index (χ2v) is 9.29. The zero-order valence-electron chi connectivity index (χ0n) is 17.9. The van der Waals surface area contributed by atoms with E-state index in [0.29, 0.717) is 45.4 Å². The summed E-state index contributed by atoms with van der Waals surface area (Å²) in [6, 6.07) is 12.1. The van der Waals surface area contributed by atoms with E-state index in [4.69, 9.17) is 0 Å². The zero-order chi connectivity index (χ0) is 21.8. The van der Waals surface area contributed by atoms with Crippen LogP contribution in [0, 0.1) is 5.92 Å². The Hall–Kier alpha value is -2.67. The molecule has 2 aliphatic heterocycles. The van der Waals surface area contributed by atoms with E-state index < -0.39 is 6.04 Å². The van der Waals surface area contributed by atoms with Gasteiger partial charge in [-0.05, 0) is 41.8 Å². The molecule has 1 aromatic heterocycles. The van der Waals surface area contributed by atoms with Gasteiger partial charge in [-0.25, -0.2) is 0 Å². The standard InChI is InChI=1S/C24H29N3O3S/c1-2-11-26-12-13-27(24(30)20-9-10-22(28)25-20)16-19(23(26)29)15-17-5-7-18(8-6-17)21-4-3-14-31-21/h3-8,14,19-20H,2,9-13,15-16H2,1H3,(H,25,28). The molecule has 2 unspecified atom stereocenters. The average Bonchev–Trinajstić information content (AvgIpc) is 3.44. The van der Waals surface area contributed by atoms with Crippen molar-refractivity contribution < 1.29 is 14.4 Å². The molecular formula is C24H29N3O3S. The predicted molar refractivity (Wildman–Crippen MR) is 122 cm³/mol. The molecule has 2 saturated heterocycles. The number of carbonyl (C=O) groups excluding carboxylic acids is 3. The van der Waals surface area contributed by atoms with Crippen molar-refractivity contribution in [2.45, 2.75) is 38.6 Å². The number of nitrogens with one attached hydrogen (secondary N) is 1. The van der Waals surface area contributed by atoms with E-state index in [9.17, 15) is 14.4 Å². The van der Waals surface area contributed by atoms with Gasteiger partial charge in [-0.2, -0.15) is 0 Å². The normalized spacial score (nSPS) is 21.8. The van der Waals surface area contributed by atoms with E-state index in [1.165, 1.54) is 10.4 Å². The van der Waals surface area contributed by atoms with Gasteiger partial charge in [-0.15, -0.1) is 11.3 Å². The molecule has 0 radical (unpaired) electrons. The average molecular weight is 440 g/mol. The SMILES string of the molecule is CCCN1CCN(C(=O)C2CCC(=O)N2)CC(Cc2ccc(-c3cccs3)cc2)C1=O. The van der Waals surface area contributed by atoms with Gasteiger partial charge in [0.05, 0.1) is 5.92 Å². The van der Waals surface area contributed by atoms with Crippen molar-refractivity contribution in [2.24, 2.45) is 5.92 Å². The third-order valence-electron chi connectivity index (χ3n) is 6.08. The molecule has 4 rings (SSSR count). The van der Waals surface area contributed by atoms with Crippen LogP contribution < -0.4 is 5.32 Å². The van der Waals surface area contributed by atoms with Crippen LogP contribution in [-0.4, -0.2) is 59.7 Å². The van der Waals surface area contributed by atoms with Crippen molar-refractivity contribution in [2.75, 3.05) is 26.2 Å². The maximum atomic E-state index is 13.3. The Labute approximate surface area is 187 Å². The van der Waals surface area contributed by atoms with Crippen LogP contribution in [0.4, 0.5) is 0 Å². The molecule has 164 valence electrons. The summed E-state index contributed by atoms with van der Waals surface area (Å²) in [4.78, 5) is 42.8. The molecule has 0 saturated carbocycles.